The van der Waals surface area contributed by atoms with Crippen LogP contribution in [0.15, 0.2) is 65.1 Å². The standard InChI is InChI=1S/C22H20N4O2S/c1-28-20-11-15(7-8-19(20)27)12-23-9-10-24-22-25-13-17-18(14-29-21(17)26-22)16-5-3-2-4-6-16/h2-8,11-14,27H,9-10H2,1H3,(H,24,25,26)/b23-12+. The van der Waals surface area contributed by atoms with E-state index in [1.165, 1.54) is 12.7 Å². The highest BCUT2D eigenvalue weighted by molar-refractivity contribution is 7.17. The summed E-state index contributed by atoms with van der Waals surface area (Å²) in [4.78, 5) is 14.4. The lowest BCUT2D eigenvalue weighted by Gasteiger charge is -2.04. The molecule has 0 saturated heterocycles. The van der Waals surface area contributed by atoms with Crippen LogP contribution in [0.2, 0.25) is 0 Å². The smallest absolute Gasteiger partial charge is 0.224 e. The number of ether oxygens (including phenoxy) is 1. The predicted octanol–water partition coefficient (Wildman–Crippen LogP) is 4.60. The number of fused-ring (bicyclic) bond motifs is 1. The first-order valence-electron chi connectivity index (χ1n) is 9.15. The number of anilines is 1. The van der Waals surface area contributed by atoms with Crippen LogP contribution in [0.25, 0.3) is 21.3 Å². The maximum absolute atomic E-state index is 9.62. The van der Waals surface area contributed by atoms with Crippen molar-refractivity contribution in [1.29, 1.82) is 0 Å². The van der Waals surface area contributed by atoms with Crippen molar-refractivity contribution in [2.75, 3.05) is 25.5 Å². The van der Waals surface area contributed by atoms with E-state index in [2.05, 4.69) is 37.8 Å². The molecule has 2 aromatic heterocycles. The maximum Gasteiger partial charge on any atom is 0.224 e. The summed E-state index contributed by atoms with van der Waals surface area (Å²) in [5.41, 5.74) is 3.19. The highest BCUT2D eigenvalue weighted by Gasteiger charge is 2.08. The summed E-state index contributed by atoms with van der Waals surface area (Å²) in [5, 5.41) is 16.0. The molecule has 0 aliphatic heterocycles. The first kappa shape index (κ1) is 18.9. The van der Waals surface area contributed by atoms with Gasteiger partial charge in [-0.25, -0.2) is 9.97 Å². The van der Waals surface area contributed by atoms with Gasteiger partial charge in [-0.3, -0.25) is 4.99 Å². The van der Waals surface area contributed by atoms with Crippen LogP contribution < -0.4 is 10.1 Å². The molecule has 0 saturated carbocycles. The van der Waals surface area contributed by atoms with E-state index in [-0.39, 0.29) is 5.75 Å². The minimum atomic E-state index is 0.114. The molecule has 2 heterocycles. The molecule has 7 heteroatoms. The molecule has 0 unspecified atom stereocenters. The fraction of sp³-hybridized carbons (Fsp3) is 0.136. The number of rotatable bonds is 7. The van der Waals surface area contributed by atoms with Crippen molar-refractivity contribution >= 4 is 33.7 Å². The Morgan fingerprint density at radius 3 is 2.90 bits per heavy atom. The monoisotopic (exact) mass is 404 g/mol. The lowest BCUT2D eigenvalue weighted by molar-refractivity contribution is 0.373. The summed E-state index contributed by atoms with van der Waals surface area (Å²) < 4.78 is 5.10. The molecule has 0 fully saturated rings. The lowest BCUT2D eigenvalue weighted by Crippen LogP contribution is -2.07. The van der Waals surface area contributed by atoms with Gasteiger partial charge in [0, 0.05) is 35.3 Å². The van der Waals surface area contributed by atoms with Gasteiger partial charge in [0.15, 0.2) is 11.5 Å². The Morgan fingerprint density at radius 1 is 1.21 bits per heavy atom. The fourth-order valence-corrected chi connectivity index (χ4v) is 3.84. The minimum absolute atomic E-state index is 0.114. The number of aromatic hydroxyl groups is 1. The maximum atomic E-state index is 9.62. The molecule has 0 atom stereocenters. The third-order valence-corrected chi connectivity index (χ3v) is 5.27. The van der Waals surface area contributed by atoms with Crippen LogP contribution in [0, 0.1) is 0 Å². The van der Waals surface area contributed by atoms with Gasteiger partial charge in [0.2, 0.25) is 5.95 Å². The Balaban J connectivity index is 1.37. The van der Waals surface area contributed by atoms with E-state index in [1.54, 1.807) is 35.8 Å². The van der Waals surface area contributed by atoms with E-state index in [1.807, 2.05) is 24.4 Å². The predicted molar refractivity (Wildman–Crippen MR) is 118 cm³/mol. The van der Waals surface area contributed by atoms with Gasteiger partial charge in [-0.2, -0.15) is 0 Å². The van der Waals surface area contributed by atoms with Gasteiger partial charge in [0.1, 0.15) is 4.83 Å². The van der Waals surface area contributed by atoms with Gasteiger partial charge < -0.3 is 15.2 Å². The molecule has 0 bridgehead atoms. The summed E-state index contributed by atoms with van der Waals surface area (Å²) in [6.45, 7) is 1.19. The zero-order chi connectivity index (χ0) is 20.1. The fourth-order valence-electron chi connectivity index (χ4n) is 2.92. The van der Waals surface area contributed by atoms with E-state index in [9.17, 15) is 5.11 Å². The number of phenols is 1. The molecule has 29 heavy (non-hydrogen) atoms. The summed E-state index contributed by atoms with van der Waals surface area (Å²) in [6.07, 6.45) is 3.62. The summed E-state index contributed by atoms with van der Waals surface area (Å²) in [7, 11) is 1.52. The van der Waals surface area contributed by atoms with Crippen molar-refractivity contribution in [1.82, 2.24) is 9.97 Å². The molecule has 0 aliphatic rings. The van der Waals surface area contributed by atoms with Crippen LogP contribution in [0.3, 0.4) is 0 Å². The van der Waals surface area contributed by atoms with Gasteiger partial charge in [-0.15, -0.1) is 11.3 Å². The van der Waals surface area contributed by atoms with Crippen molar-refractivity contribution in [3.63, 3.8) is 0 Å². The Labute approximate surface area is 172 Å². The molecular formula is C22H20N4O2S. The molecular weight excluding hydrogens is 384 g/mol. The molecule has 0 spiro atoms. The number of hydrogen-bond acceptors (Lipinski definition) is 7. The average Bonchev–Trinajstić information content (AvgIpc) is 3.18. The molecule has 0 radical (unpaired) electrons. The van der Waals surface area contributed by atoms with E-state index >= 15 is 0 Å². The normalized spacial score (nSPS) is 11.2. The van der Waals surface area contributed by atoms with Crippen molar-refractivity contribution < 1.29 is 9.84 Å². The number of phenolic OH excluding ortho intramolecular Hbond substituents is 1. The zero-order valence-electron chi connectivity index (χ0n) is 15.9. The molecule has 146 valence electrons. The number of aliphatic imine (C=N–C) groups is 1. The zero-order valence-corrected chi connectivity index (χ0v) is 16.7. The third-order valence-electron chi connectivity index (χ3n) is 4.39. The molecule has 0 aliphatic carbocycles. The first-order chi connectivity index (χ1) is 14.2. The van der Waals surface area contributed by atoms with Crippen LogP contribution in [0.5, 0.6) is 11.5 Å². The van der Waals surface area contributed by atoms with E-state index in [0.717, 1.165) is 21.3 Å². The molecule has 4 rings (SSSR count). The molecule has 6 nitrogen and oxygen atoms in total. The lowest BCUT2D eigenvalue weighted by atomic mass is 10.1. The van der Waals surface area contributed by atoms with Crippen molar-refractivity contribution in [3.8, 4) is 22.6 Å². The van der Waals surface area contributed by atoms with Crippen molar-refractivity contribution in [3.05, 3.63) is 65.7 Å². The minimum Gasteiger partial charge on any atom is -0.504 e. The van der Waals surface area contributed by atoms with Crippen LogP contribution in [0.4, 0.5) is 5.95 Å². The highest BCUT2D eigenvalue weighted by atomic mass is 32.1. The Bertz CT molecular complexity index is 1140. The number of hydrogen-bond donors (Lipinski definition) is 2. The summed E-state index contributed by atoms with van der Waals surface area (Å²) in [5.74, 6) is 1.14. The number of nitrogens with zero attached hydrogens (tertiary/aromatic N) is 3. The highest BCUT2D eigenvalue weighted by Crippen LogP contribution is 2.32. The topological polar surface area (TPSA) is 79.6 Å². The largest absolute Gasteiger partial charge is 0.504 e. The number of benzene rings is 2. The number of thiophene rings is 1. The van der Waals surface area contributed by atoms with Crippen molar-refractivity contribution in [2.24, 2.45) is 4.99 Å². The van der Waals surface area contributed by atoms with Crippen molar-refractivity contribution in [2.45, 2.75) is 0 Å². The second-order valence-corrected chi connectivity index (χ2v) is 7.18. The second-order valence-electron chi connectivity index (χ2n) is 6.32. The van der Waals surface area contributed by atoms with Crippen LogP contribution in [0.1, 0.15) is 5.56 Å². The van der Waals surface area contributed by atoms with Gasteiger partial charge in [0.05, 0.1) is 13.7 Å². The van der Waals surface area contributed by atoms with E-state index in [4.69, 9.17) is 4.74 Å². The third kappa shape index (κ3) is 4.35. The second kappa shape index (κ2) is 8.70. The van der Waals surface area contributed by atoms with E-state index in [0.29, 0.717) is 24.8 Å². The number of methoxy groups -OCH3 is 1. The molecule has 4 aromatic rings. The Kier molecular flexibility index (Phi) is 5.67. The van der Waals surface area contributed by atoms with Gasteiger partial charge in [-0.1, -0.05) is 30.3 Å². The average molecular weight is 404 g/mol. The molecule has 2 N–H and O–H groups in total. The van der Waals surface area contributed by atoms with Gasteiger partial charge in [0.25, 0.3) is 0 Å². The van der Waals surface area contributed by atoms with E-state index < -0.39 is 0 Å². The first-order valence-corrected chi connectivity index (χ1v) is 10.0. The molecule has 0 amide bonds. The molecule has 2 aromatic carbocycles. The van der Waals surface area contributed by atoms with Crippen LogP contribution in [-0.4, -0.2) is 41.5 Å². The number of nitrogens with one attached hydrogen (secondary N) is 1. The van der Waals surface area contributed by atoms with Gasteiger partial charge >= 0.3 is 0 Å². The Hall–Kier alpha value is -3.45. The van der Waals surface area contributed by atoms with Crippen LogP contribution >= 0.6 is 11.3 Å². The Morgan fingerprint density at radius 2 is 2.07 bits per heavy atom. The van der Waals surface area contributed by atoms with Crippen LogP contribution in [-0.2, 0) is 0 Å². The summed E-state index contributed by atoms with van der Waals surface area (Å²) >= 11 is 1.62. The quantitative estimate of drug-likeness (QED) is 0.347. The summed E-state index contributed by atoms with van der Waals surface area (Å²) in [6, 6.07) is 15.4. The van der Waals surface area contributed by atoms with Gasteiger partial charge in [-0.05, 0) is 29.3 Å². The SMILES string of the molecule is COc1cc(/C=N/CCNc2ncc3c(-c4ccccc4)csc3n2)ccc1O. The number of aromatic nitrogens is 2.